The van der Waals surface area contributed by atoms with E-state index < -0.39 is 23.4 Å². The Morgan fingerprint density at radius 1 is 1.37 bits per heavy atom. The summed E-state index contributed by atoms with van der Waals surface area (Å²) in [6.07, 6.45) is 4.09. The number of imide groups is 1. The van der Waals surface area contributed by atoms with Gasteiger partial charge >= 0.3 is 6.03 Å². The minimum absolute atomic E-state index is 0.335. The predicted molar refractivity (Wildman–Crippen MR) is 97.8 cm³/mol. The van der Waals surface area contributed by atoms with Crippen LogP contribution in [0.4, 0.5) is 4.79 Å². The molecule has 1 aliphatic carbocycles. The lowest BCUT2D eigenvalue weighted by Crippen LogP contribution is -2.52. The topological polar surface area (TPSA) is 113 Å². The summed E-state index contributed by atoms with van der Waals surface area (Å²) >= 11 is 1.34. The van der Waals surface area contributed by atoms with Crippen LogP contribution in [0.3, 0.4) is 0 Å². The highest BCUT2D eigenvalue weighted by Crippen LogP contribution is 2.35. The number of hydrogen-bond donors (Lipinski definition) is 2. The Labute approximate surface area is 158 Å². The Bertz CT molecular complexity index is 989. The maximum atomic E-state index is 12.7. The van der Waals surface area contributed by atoms with Gasteiger partial charge in [-0.2, -0.15) is 5.01 Å². The summed E-state index contributed by atoms with van der Waals surface area (Å²) in [7, 11) is 0. The molecule has 142 valence electrons. The molecule has 2 fully saturated rings. The molecule has 2 aromatic rings. The maximum Gasteiger partial charge on any atom is 0.344 e. The number of hydrogen-bond acceptors (Lipinski definition) is 6. The van der Waals surface area contributed by atoms with Crippen molar-refractivity contribution in [2.45, 2.75) is 44.7 Å². The molecule has 2 N–H and O–H groups in total. The van der Waals surface area contributed by atoms with Crippen LogP contribution < -0.4 is 16.3 Å². The molecular formula is C17H19N5O4S. The second kappa shape index (κ2) is 6.45. The third-order valence-corrected chi connectivity index (χ3v) is 6.11. The lowest BCUT2D eigenvalue weighted by Gasteiger charge is -2.33. The number of fused-ring (bicyclic) bond motifs is 1. The van der Waals surface area contributed by atoms with Gasteiger partial charge in [-0.3, -0.25) is 24.4 Å². The Morgan fingerprint density at radius 2 is 2.11 bits per heavy atom. The molecule has 1 aliphatic heterocycles. The van der Waals surface area contributed by atoms with E-state index in [0.717, 1.165) is 22.4 Å². The summed E-state index contributed by atoms with van der Waals surface area (Å²) < 4.78 is 1.15. The smallest absolute Gasteiger partial charge is 0.322 e. The number of hydrazine groups is 1. The van der Waals surface area contributed by atoms with Gasteiger partial charge in [0.2, 0.25) is 0 Å². The average Bonchev–Trinajstić information content (AvgIpc) is 3.20. The van der Waals surface area contributed by atoms with Gasteiger partial charge in [0.1, 0.15) is 16.9 Å². The van der Waals surface area contributed by atoms with E-state index in [1.807, 2.05) is 0 Å². The number of thiophene rings is 1. The van der Waals surface area contributed by atoms with E-state index in [1.165, 1.54) is 17.7 Å². The molecule has 10 heteroatoms. The highest BCUT2D eigenvalue weighted by atomic mass is 32.1. The molecule has 27 heavy (non-hydrogen) atoms. The van der Waals surface area contributed by atoms with Crippen molar-refractivity contribution in [3.8, 4) is 0 Å². The molecule has 0 aromatic carbocycles. The molecule has 0 radical (unpaired) electrons. The second-order valence-electron chi connectivity index (χ2n) is 7.19. The van der Waals surface area contributed by atoms with Crippen LogP contribution >= 0.6 is 11.3 Å². The lowest BCUT2D eigenvalue weighted by molar-refractivity contribution is -0.140. The van der Waals surface area contributed by atoms with Crippen LogP contribution in [0, 0.1) is 5.92 Å². The maximum absolute atomic E-state index is 12.7. The molecular weight excluding hydrogens is 370 g/mol. The summed E-state index contributed by atoms with van der Waals surface area (Å²) in [5.74, 6) is -0.569. The van der Waals surface area contributed by atoms with Crippen LogP contribution in [0.5, 0.6) is 0 Å². The zero-order chi connectivity index (χ0) is 19.2. The first kappa shape index (κ1) is 17.7. The van der Waals surface area contributed by atoms with Crippen molar-refractivity contribution in [3.05, 3.63) is 28.1 Å². The second-order valence-corrected chi connectivity index (χ2v) is 8.08. The van der Waals surface area contributed by atoms with Crippen molar-refractivity contribution in [1.29, 1.82) is 0 Å². The quantitative estimate of drug-likeness (QED) is 0.760. The summed E-state index contributed by atoms with van der Waals surface area (Å²) in [4.78, 5) is 54.4. The molecule has 9 nitrogen and oxygen atoms in total. The highest BCUT2D eigenvalue weighted by Gasteiger charge is 2.52. The van der Waals surface area contributed by atoms with Crippen LogP contribution in [-0.2, 0) is 16.1 Å². The van der Waals surface area contributed by atoms with E-state index in [0.29, 0.717) is 29.0 Å². The van der Waals surface area contributed by atoms with E-state index in [4.69, 9.17) is 0 Å². The van der Waals surface area contributed by atoms with Crippen molar-refractivity contribution in [3.63, 3.8) is 0 Å². The Kier molecular flexibility index (Phi) is 4.22. The van der Waals surface area contributed by atoms with Gasteiger partial charge in [-0.05, 0) is 43.0 Å². The molecule has 1 spiro atoms. The van der Waals surface area contributed by atoms with E-state index in [2.05, 4.69) is 22.7 Å². The van der Waals surface area contributed by atoms with Crippen LogP contribution in [0.25, 0.3) is 10.2 Å². The largest absolute Gasteiger partial charge is 0.344 e. The standard InChI is InChI=1S/C17H19N5O4S/c1-10-2-5-17(6-3-10)15(25)22(16(26)19-17)20-12(23)8-21-9-18-13-11(14(21)24)4-7-27-13/h4,7,9-10H,2-3,5-6,8H2,1H3,(H,19,26)(H,20,23). The number of aromatic nitrogens is 2. The molecule has 4 rings (SSSR count). The summed E-state index contributed by atoms with van der Waals surface area (Å²) in [6.45, 7) is 1.78. The Morgan fingerprint density at radius 3 is 2.85 bits per heavy atom. The first-order chi connectivity index (χ1) is 12.9. The Balaban J connectivity index is 1.47. The van der Waals surface area contributed by atoms with Crippen LogP contribution in [-0.4, -0.2) is 37.9 Å². The molecule has 0 bridgehead atoms. The van der Waals surface area contributed by atoms with Gasteiger partial charge in [-0.1, -0.05) is 6.92 Å². The SMILES string of the molecule is CC1CCC2(CC1)NC(=O)N(NC(=O)Cn1cnc3sccc3c1=O)C2=O. The van der Waals surface area contributed by atoms with E-state index in [1.54, 1.807) is 11.4 Å². The van der Waals surface area contributed by atoms with Gasteiger partial charge in [0.25, 0.3) is 17.4 Å². The van der Waals surface area contributed by atoms with Gasteiger partial charge in [0, 0.05) is 0 Å². The van der Waals surface area contributed by atoms with Crippen molar-refractivity contribution < 1.29 is 14.4 Å². The number of nitrogens with one attached hydrogen (secondary N) is 2. The van der Waals surface area contributed by atoms with Crippen molar-refractivity contribution in [2.24, 2.45) is 5.92 Å². The first-order valence-electron chi connectivity index (χ1n) is 8.78. The molecule has 1 saturated carbocycles. The molecule has 2 aliphatic rings. The van der Waals surface area contributed by atoms with Crippen molar-refractivity contribution >= 4 is 39.4 Å². The van der Waals surface area contributed by atoms with Gasteiger partial charge < -0.3 is 5.32 Å². The third kappa shape index (κ3) is 2.99. The summed E-state index contributed by atoms with van der Waals surface area (Å²) in [5, 5.41) is 5.65. The van der Waals surface area contributed by atoms with Gasteiger partial charge in [0.15, 0.2) is 0 Å². The van der Waals surface area contributed by atoms with Crippen LogP contribution in [0.1, 0.15) is 32.6 Å². The minimum Gasteiger partial charge on any atom is -0.322 e. The fourth-order valence-electron chi connectivity index (χ4n) is 3.64. The molecule has 0 unspecified atom stereocenters. The molecule has 1 saturated heterocycles. The van der Waals surface area contributed by atoms with Crippen molar-refractivity contribution in [1.82, 2.24) is 25.3 Å². The van der Waals surface area contributed by atoms with Crippen molar-refractivity contribution in [2.75, 3.05) is 0 Å². The highest BCUT2D eigenvalue weighted by molar-refractivity contribution is 7.16. The number of carbonyl (C=O) groups excluding carboxylic acids is 3. The monoisotopic (exact) mass is 389 g/mol. The number of carbonyl (C=O) groups is 3. The first-order valence-corrected chi connectivity index (χ1v) is 9.66. The predicted octanol–water partition coefficient (Wildman–Crippen LogP) is 0.990. The summed E-state index contributed by atoms with van der Waals surface area (Å²) in [5.41, 5.74) is 1.06. The van der Waals surface area contributed by atoms with E-state index >= 15 is 0 Å². The van der Waals surface area contributed by atoms with Gasteiger partial charge in [-0.15, -0.1) is 11.3 Å². The third-order valence-electron chi connectivity index (χ3n) is 5.29. The normalized spacial score (nSPS) is 25.2. The van der Waals surface area contributed by atoms with Crippen LogP contribution in [0.2, 0.25) is 0 Å². The van der Waals surface area contributed by atoms with Gasteiger partial charge in [-0.25, -0.2) is 9.78 Å². The van der Waals surface area contributed by atoms with Gasteiger partial charge in [0.05, 0.1) is 11.7 Å². The zero-order valence-corrected chi connectivity index (χ0v) is 15.5. The lowest BCUT2D eigenvalue weighted by atomic mass is 9.77. The molecule has 0 atom stereocenters. The number of amides is 4. The molecule has 4 amide bonds. The zero-order valence-electron chi connectivity index (χ0n) is 14.7. The molecule has 2 aromatic heterocycles. The minimum atomic E-state index is -0.926. The van der Waals surface area contributed by atoms with E-state index in [-0.39, 0.29) is 12.1 Å². The number of rotatable bonds is 3. The number of nitrogens with zero attached hydrogens (tertiary/aromatic N) is 3. The summed E-state index contributed by atoms with van der Waals surface area (Å²) in [6, 6.07) is 1.01. The van der Waals surface area contributed by atoms with E-state index in [9.17, 15) is 19.2 Å². The fraction of sp³-hybridized carbons (Fsp3) is 0.471. The molecule has 3 heterocycles. The number of urea groups is 1. The Hall–Kier alpha value is -2.75. The van der Waals surface area contributed by atoms with Crippen LogP contribution in [0.15, 0.2) is 22.6 Å². The fourth-order valence-corrected chi connectivity index (χ4v) is 4.36. The average molecular weight is 389 g/mol.